The summed E-state index contributed by atoms with van der Waals surface area (Å²) in [4.78, 5) is 16.3. The van der Waals surface area contributed by atoms with E-state index in [0.29, 0.717) is 17.7 Å². The summed E-state index contributed by atoms with van der Waals surface area (Å²) >= 11 is 1.50. The van der Waals surface area contributed by atoms with E-state index >= 15 is 0 Å². The molecule has 0 fully saturated rings. The number of hydrogen-bond donors (Lipinski definition) is 2. The van der Waals surface area contributed by atoms with Crippen LogP contribution in [-0.4, -0.2) is 22.6 Å². The number of aliphatic hydroxyl groups excluding tert-OH is 1. The summed E-state index contributed by atoms with van der Waals surface area (Å²) in [5, 5.41) is 14.3. The van der Waals surface area contributed by atoms with Gasteiger partial charge in [0.25, 0.3) is 5.91 Å². The van der Waals surface area contributed by atoms with Gasteiger partial charge in [-0.1, -0.05) is 17.9 Å². The molecule has 5 heteroatoms. The van der Waals surface area contributed by atoms with Gasteiger partial charge in [0.1, 0.15) is 11.6 Å². The Bertz CT molecular complexity index is 654. The van der Waals surface area contributed by atoms with Gasteiger partial charge in [-0.15, -0.1) is 11.3 Å². The predicted molar refractivity (Wildman–Crippen MR) is 78.4 cm³/mol. The number of nitrogens with zero attached hydrogens (tertiary/aromatic N) is 1. The fraction of sp³-hybridized carbons (Fsp3) is 0.200. The van der Waals surface area contributed by atoms with Crippen molar-refractivity contribution in [2.75, 3.05) is 6.61 Å². The van der Waals surface area contributed by atoms with Crippen molar-refractivity contribution < 1.29 is 9.90 Å². The van der Waals surface area contributed by atoms with E-state index in [4.69, 9.17) is 5.11 Å². The molecule has 1 aromatic heterocycles. The number of carbonyl (C=O) groups excluding carboxylic acids is 1. The van der Waals surface area contributed by atoms with Crippen LogP contribution in [0.2, 0.25) is 0 Å². The Balaban J connectivity index is 2.12. The first-order valence-electron chi connectivity index (χ1n) is 6.07. The van der Waals surface area contributed by atoms with Crippen molar-refractivity contribution in [3.05, 3.63) is 51.5 Å². The molecule has 102 valence electrons. The van der Waals surface area contributed by atoms with Crippen molar-refractivity contribution in [1.82, 2.24) is 10.3 Å². The molecule has 1 amide bonds. The smallest absolute Gasteiger partial charge is 0.251 e. The zero-order valence-corrected chi connectivity index (χ0v) is 11.8. The van der Waals surface area contributed by atoms with Crippen molar-refractivity contribution in [2.45, 2.75) is 13.5 Å². The SMILES string of the molecule is Cc1ccc(C#CCO)cc1C(=O)NCc1nccs1. The molecule has 0 unspecified atom stereocenters. The zero-order valence-electron chi connectivity index (χ0n) is 11.0. The summed E-state index contributed by atoms with van der Waals surface area (Å²) in [5.74, 6) is 5.22. The van der Waals surface area contributed by atoms with Crippen molar-refractivity contribution in [3.8, 4) is 11.8 Å². The van der Waals surface area contributed by atoms with Crippen LogP contribution in [0.3, 0.4) is 0 Å². The largest absolute Gasteiger partial charge is 0.384 e. The quantitative estimate of drug-likeness (QED) is 0.845. The molecular formula is C15H14N2O2S. The third-order valence-electron chi connectivity index (χ3n) is 2.68. The molecule has 1 aromatic carbocycles. The van der Waals surface area contributed by atoms with E-state index in [1.165, 1.54) is 11.3 Å². The molecule has 0 spiro atoms. The van der Waals surface area contributed by atoms with Gasteiger partial charge in [-0.05, 0) is 24.6 Å². The van der Waals surface area contributed by atoms with E-state index in [9.17, 15) is 4.79 Å². The lowest BCUT2D eigenvalue weighted by atomic mass is 10.0. The number of carbonyl (C=O) groups is 1. The van der Waals surface area contributed by atoms with Crippen molar-refractivity contribution in [1.29, 1.82) is 0 Å². The molecule has 0 radical (unpaired) electrons. The summed E-state index contributed by atoms with van der Waals surface area (Å²) in [7, 11) is 0. The van der Waals surface area contributed by atoms with Gasteiger partial charge in [0.05, 0.1) is 6.54 Å². The third-order valence-corrected chi connectivity index (χ3v) is 3.46. The highest BCUT2D eigenvalue weighted by molar-refractivity contribution is 7.09. The minimum absolute atomic E-state index is 0.148. The van der Waals surface area contributed by atoms with Gasteiger partial charge in [0, 0.05) is 22.7 Å². The first kappa shape index (κ1) is 14.3. The van der Waals surface area contributed by atoms with Gasteiger partial charge in [-0.3, -0.25) is 4.79 Å². The molecule has 2 N–H and O–H groups in total. The van der Waals surface area contributed by atoms with Crippen LogP contribution in [0.1, 0.15) is 26.5 Å². The number of amides is 1. The third kappa shape index (κ3) is 3.67. The van der Waals surface area contributed by atoms with Crippen LogP contribution in [-0.2, 0) is 6.54 Å². The summed E-state index contributed by atoms with van der Waals surface area (Å²) in [6.07, 6.45) is 1.71. The molecule has 0 bridgehead atoms. The maximum absolute atomic E-state index is 12.2. The maximum atomic E-state index is 12.2. The second kappa shape index (κ2) is 6.85. The number of thiazole rings is 1. The van der Waals surface area contributed by atoms with Gasteiger partial charge >= 0.3 is 0 Å². The van der Waals surface area contributed by atoms with Gasteiger partial charge < -0.3 is 10.4 Å². The van der Waals surface area contributed by atoms with E-state index in [1.807, 2.05) is 24.4 Å². The lowest BCUT2D eigenvalue weighted by Crippen LogP contribution is -2.23. The second-order valence-electron chi connectivity index (χ2n) is 4.10. The molecule has 0 saturated heterocycles. The summed E-state index contributed by atoms with van der Waals surface area (Å²) < 4.78 is 0. The predicted octanol–water partition coefficient (Wildman–Crippen LogP) is 1.73. The van der Waals surface area contributed by atoms with Gasteiger partial charge in [-0.25, -0.2) is 4.98 Å². The molecule has 0 aliphatic heterocycles. The van der Waals surface area contributed by atoms with Crippen LogP contribution in [0.15, 0.2) is 29.8 Å². The Labute approximate surface area is 121 Å². The Morgan fingerprint density at radius 3 is 3.05 bits per heavy atom. The van der Waals surface area contributed by atoms with E-state index in [0.717, 1.165) is 10.6 Å². The van der Waals surface area contributed by atoms with Crippen LogP contribution in [0.5, 0.6) is 0 Å². The first-order valence-corrected chi connectivity index (χ1v) is 6.95. The standard InChI is InChI=1S/C15H14N2O2S/c1-11-4-5-12(3-2-7-18)9-13(11)15(19)17-10-14-16-6-8-20-14/h4-6,8-9,18H,7,10H2,1H3,(H,17,19). The lowest BCUT2D eigenvalue weighted by Gasteiger charge is -2.07. The van der Waals surface area contributed by atoms with E-state index in [-0.39, 0.29) is 12.5 Å². The fourth-order valence-electron chi connectivity index (χ4n) is 1.68. The number of hydrogen-bond acceptors (Lipinski definition) is 4. The molecule has 0 atom stereocenters. The Morgan fingerprint density at radius 2 is 2.35 bits per heavy atom. The molecule has 1 heterocycles. The average Bonchev–Trinajstić information content (AvgIpc) is 2.97. The van der Waals surface area contributed by atoms with E-state index in [2.05, 4.69) is 22.1 Å². The number of nitrogens with one attached hydrogen (secondary N) is 1. The highest BCUT2D eigenvalue weighted by Gasteiger charge is 2.09. The maximum Gasteiger partial charge on any atom is 0.251 e. The van der Waals surface area contributed by atoms with Crippen molar-refractivity contribution in [2.24, 2.45) is 0 Å². The van der Waals surface area contributed by atoms with Crippen LogP contribution in [0.25, 0.3) is 0 Å². The first-order chi connectivity index (χ1) is 9.70. The fourth-order valence-corrected chi connectivity index (χ4v) is 2.23. The van der Waals surface area contributed by atoms with E-state index in [1.54, 1.807) is 12.3 Å². The molecule has 4 nitrogen and oxygen atoms in total. The zero-order chi connectivity index (χ0) is 14.4. The summed E-state index contributed by atoms with van der Waals surface area (Å²) in [5.41, 5.74) is 2.19. The molecule has 2 aromatic rings. The molecule has 20 heavy (non-hydrogen) atoms. The van der Waals surface area contributed by atoms with Crippen molar-refractivity contribution >= 4 is 17.2 Å². The second-order valence-corrected chi connectivity index (χ2v) is 5.08. The number of aliphatic hydroxyl groups is 1. The Kier molecular flexibility index (Phi) is 4.88. The summed E-state index contributed by atoms with van der Waals surface area (Å²) in [6.45, 7) is 2.10. The number of rotatable bonds is 3. The van der Waals surface area contributed by atoms with Crippen molar-refractivity contribution in [3.63, 3.8) is 0 Å². The normalized spacial score (nSPS) is 9.70. The van der Waals surface area contributed by atoms with Crippen LogP contribution in [0, 0.1) is 18.8 Å². The lowest BCUT2D eigenvalue weighted by molar-refractivity contribution is 0.0950. The number of benzene rings is 1. The minimum atomic E-state index is -0.195. The molecule has 0 aliphatic rings. The van der Waals surface area contributed by atoms with Gasteiger partial charge in [0.15, 0.2) is 0 Å². The average molecular weight is 286 g/mol. The summed E-state index contributed by atoms with van der Waals surface area (Å²) in [6, 6.07) is 5.41. The topological polar surface area (TPSA) is 62.2 Å². The monoisotopic (exact) mass is 286 g/mol. The Morgan fingerprint density at radius 1 is 1.50 bits per heavy atom. The molecule has 2 rings (SSSR count). The number of aromatic nitrogens is 1. The molecule has 0 saturated carbocycles. The number of aryl methyl sites for hydroxylation is 1. The van der Waals surface area contributed by atoms with Gasteiger partial charge in [-0.2, -0.15) is 0 Å². The van der Waals surface area contributed by atoms with Gasteiger partial charge in [0.2, 0.25) is 0 Å². The molecule has 0 aliphatic carbocycles. The highest BCUT2D eigenvalue weighted by atomic mass is 32.1. The van der Waals surface area contributed by atoms with Crippen LogP contribution in [0.4, 0.5) is 0 Å². The highest BCUT2D eigenvalue weighted by Crippen LogP contribution is 2.11. The van der Waals surface area contributed by atoms with E-state index < -0.39 is 0 Å². The van der Waals surface area contributed by atoms with Crippen LogP contribution >= 0.6 is 11.3 Å². The Hall–Kier alpha value is -2.16. The van der Waals surface area contributed by atoms with Crippen LogP contribution < -0.4 is 5.32 Å². The molecular weight excluding hydrogens is 272 g/mol. The minimum Gasteiger partial charge on any atom is -0.384 e.